The first-order valence-electron chi connectivity index (χ1n) is 7.88. The van der Waals surface area contributed by atoms with E-state index < -0.39 is 11.6 Å². The van der Waals surface area contributed by atoms with E-state index in [1.165, 1.54) is 0 Å². The predicted molar refractivity (Wildman–Crippen MR) is 86.6 cm³/mol. The van der Waals surface area contributed by atoms with Gasteiger partial charge in [-0.25, -0.2) is 4.79 Å². The van der Waals surface area contributed by atoms with Crippen LogP contribution in [0.5, 0.6) is 11.5 Å². The first kappa shape index (κ1) is 15.0. The molecule has 0 unspecified atom stereocenters. The second-order valence-corrected chi connectivity index (χ2v) is 6.33. The highest BCUT2D eigenvalue weighted by molar-refractivity contribution is 5.94. The molecule has 2 aliphatic rings. The summed E-state index contributed by atoms with van der Waals surface area (Å²) in [5.74, 6) is 0.222. The van der Waals surface area contributed by atoms with Gasteiger partial charge in [0.15, 0.2) is 17.1 Å². The van der Waals surface area contributed by atoms with Crippen LogP contribution in [0, 0.1) is 6.92 Å². The maximum absolute atomic E-state index is 11.2. The van der Waals surface area contributed by atoms with Gasteiger partial charge in [0.1, 0.15) is 0 Å². The molecule has 1 aromatic carbocycles. The van der Waals surface area contributed by atoms with E-state index in [0.29, 0.717) is 24.6 Å². The number of hydrogen-bond donors (Lipinski definition) is 2. The molecule has 24 heavy (non-hydrogen) atoms. The lowest BCUT2D eigenvalue weighted by Gasteiger charge is -2.37. The summed E-state index contributed by atoms with van der Waals surface area (Å²) >= 11 is 0. The van der Waals surface area contributed by atoms with Crippen molar-refractivity contribution in [1.82, 2.24) is 4.98 Å². The molecule has 2 N–H and O–H groups in total. The minimum atomic E-state index is -1.63. The van der Waals surface area contributed by atoms with E-state index >= 15 is 0 Å². The van der Waals surface area contributed by atoms with Gasteiger partial charge in [0.25, 0.3) is 0 Å². The standard InChI is InChI=1S/C17H18N2O5/c1-10-6-13(19-4-2-17(22,3-5-19)16(20)21)11-7-14-15(24-9-23-14)8-12(11)18-10/h6-8,22H,2-5,9H2,1H3,(H,20,21). The van der Waals surface area contributed by atoms with E-state index in [1.807, 2.05) is 25.1 Å². The summed E-state index contributed by atoms with van der Waals surface area (Å²) in [6, 6.07) is 5.76. The Kier molecular flexibility index (Phi) is 3.28. The number of fused-ring (bicyclic) bond motifs is 2. The number of rotatable bonds is 2. The van der Waals surface area contributed by atoms with Crippen molar-refractivity contribution < 1.29 is 24.5 Å². The number of anilines is 1. The molecular formula is C17H18N2O5. The normalized spacial score (nSPS) is 18.8. The van der Waals surface area contributed by atoms with Crippen molar-refractivity contribution in [2.75, 3.05) is 24.8 Å². The number of hydrogen-bond acceptors (Lipinski definition) is 6. The van der Waals surface area contributed by atoms with Crippen molar-refractivity contribution in [3.8, 4) is 11.5 Å². The van der Waals surface area contributed by atoms with Crippen molar-refractivity contribution in [2.24, 2.45) is 0 Å². The summed E-state index contributed by atoms with van der Waals surface area (Å²) in [7, 11) is 0. The van der Waals surface area contributed by atoms with Gasteiger partial charge in [-0.3, -0.25) is 4.98 Å². The third-order valence-corrected chi connectivity index (χ3v) is 4.74. The van der Waals surface area contributed by atoms with E-state index in [4.69, 9.17) is 14.6 Å². The van der Waals surface area contributed by atoms with E-state index in [1.54, 1.807) is 0 Å². The number of ether oxygens (including phenoxy) is 2. The second kappa shape index (κ2) is 5.24. The molecule has 3 heterocycles. The molecule has 0 radical (unpaired) electrons. The average molecular weight is 330 g/mol. The summed E-state index contributed by atoms with van der Waals surface area (Å²) in [6.07, 6.45) is 0.380. The number of aliphatic carboxylic acids is 1. The van der Waals surface area contributed by atoms with Crippen LogP contribution < -0.4 is 14.4 Å². The monoisotopic (exact) mass is 330 g/mol. The fourth-order valence-corrected chi connectivity index (χ4v) is 3.32. The van der Waals surface area contributed by atoms with Gasteiger partial charge >= 0.3 is 5.97 Å². The number of piperidine rings is 1. The van der Waals surface area contributed by atoms with Crippen LogP contribution in [-0.2, 0) is 4.79 Å². The molecule has 0 saturated carbocycles. The lowest BCUT2D eigenvalue weighted by Crippen LogP contribution is -2.49. The third kappa shape index (κ3) is 2.32. The van der Waals surface area contributed by atoms with Gasteiger partial charge in [0.2, 0.25) is 6.79 Å². The molecular weight excluding hydrogens is 312 g/mol. The number of carboxylic acids is 1. The Morgan fingerprint density at radius 2 is 1.88 bits per heavy atom. The van der Waals surface area contributed by atoms with Crippen LogP contribution >= 0.6 is 0 Å². The molecule has 1 aromatic heterocycles. The summed E-state index contributed by atoms with van der Waals surface area (Å²) in [4.78, 5) is 17.9. The number of pyridine rings is 1. The fourth-order valence-electron chi connectivity index (χ4n) is 3.32. The molecule has 2 aromatic rings. The fraction of sp³-hybridized carbons (Fsp3) is 0.412. The van der Waals surface area contributed by atoms with E-state index in [0.717, 1.165) is 22.3 Å². The molecule has 7 heteroatoms. The van der Waals surface area contributed by atoms with Crippen LogP contribution in [0.3, 0.4) is 0 Å². The van der Waals surface area contributed by atoms with Crippen molar-refractivity contribution in [3.63, 3.8) is 0 Å². The Morgan fingerprint density at radius 1 is 1.21 bits per heavy atom. The quantitative estimate of drug-likeness (QED) is 0.865. The number of nitrogens with zero attached hydrogens (tertiary/aromatic N) is 2. The Hall–Kier alpha value is -2.54. The Labute approximate surface area is 138 Å². The Morgan fingerprint density at radius 3 is 2.54 bits per heavy atom. The molecule has 0 aliphatic carbocycles. The van der Waals surface area contributed by atoms with Crippen LogP contribution in [0.25, 0.3) is 10.9 Å². The van der Waals surface area contributed by atoms with Crippen molar-refractivity contribution in [1.29, 1.82) is 0 Å². The molecule has 126 valence electrons. The highest BCUT2D eigenvalue weighted by atomic mass is 16.7. The number of aromatic nitrogens is 1. The van der Waals surface area contributed by atoms with Gasteiger partial charge in [-0.2, -0.15) is 0 Å². The molecule has 4 rings (SSSR count). The maximum atomic E-state index is 11.2. The molecule has 1 fully saturated rings. The van der Waals surface area contributed by atoms with Gasteiger partial charge in [-0.1, -0.05) is 0 Å². The first-order valence-corrected chi connectivity index (χ1v) is 7.88. The first-order chi connectivity index (χ1) is 11.5. The highest BCUT2D eigenvalue weighted by Gasteiger charge is 2.39. The van der Waals surface area contributed by atoms with E-state index in [2.05, 4.69) is 9.88 Å². The largest absolute Gasteiger partial charge is 0.479 e. The zero-order chi connectivity index (χ0) is 16.9. The van der Waals surface area contributed by atoms with Gasteiger partial charge < -0.3 is 24.6 Å². The van der Waals surface area contributed by atoms with Gasteiger partial charge in [-0.05, 0) is 19.1 Å². The van der Waals surface area contributed by atoms with Crippen LogP contribution in [0.4, 0.5) is 5.69 Å². The smallest absolute Gasteiger partial charge is 0.335 e. The van der Waals surface area contributed by atoms with Crippen molar-refractivity contribution >= 4 is 22.6 Å². The minimum Gasteiger partial charge on any atom is -0.479 e. The number of aryl methyl sites for hydroxylation is 1. The van der Waals surface area contributed by atoms with Crippen molar-refractivity contribution in [3.05, 3.63) is 23.9 Å². The minimum absolute atomic E-state index is 0.190. The van der Waals surface area contributed by atoms with Crippen LogP contribution in [0.2, 0.25) is 0 Å². The van der Waals surface area contributed by atoms with Gasteiger partial charge in [0.05, 0.1) is 5.52 Å². The number of benzene rings is 1. The molecule has 2 aliphatic heterocycles. The van der Waals surface area contributed by atoms with Crippen molar-refractivity contribution in [2.45, 2.75) is 25.4 Å². The van der Waals surface area contributed by atoms with Crippen LogP contribution in [0.1, 0.15) is 18.5 Å². The SMILES string of the molecule is Cc1cc(N2CCC(O)(C(=O)O)CC2)c2cc3c(cc2n1)OCO3. The number of carbonyl (C=O) groups is 1. The Bertz CT molecular complexity index is 827. The summed E-state index contributed by atoms with van der Waals surface area (Å²) in [5, 5.41) is 20.2. The summed E-state index contributed by atoms with van der Waals surface area (Å²) in [6.45, 7) is 3.06. The predicted octanol–water partition coefficient (Wildman–Crippen LogP) is 1.69. The maximum Gasteiger partial charge on any atom is 0.335 e. The number of aliphatic hydroxyl groups is 1. The molecule has 1 saturated heterocycles. The molecule has 0 spiro atoms. The zero-order valence-corrected chi connectivity index (χ0v) is 13.3. The van der Waals surface area contributed by atoms with E-state index in [9.17, 15) is 9.90 Å². The van der Waals surface area contributed by atoms with Gasteiger partial charge in [0, 0.05) is 48.8 Å². The molecule has 7 nitrogen and oxygen atoms in total. The van der Waals surface area contributed by atoms with Gasteiger partial charge in [-0.15, -0.1) is 0 Å². The molecule has 0 amide bonds. The van der Waals surface area contributed by atoms with Crippen LogP contribution in [-0.4, -0.2) is 46.6 Å². The molecule has 0 atom stereocenters. The lowest BCUT2D eigenvalue weighted by molar-refractivity contribution is -0.160. The zero-order valence-electron chi connectivity index (χ0n) is 13.3. The average Bonchev–Trinajstić information content (AvgIpc) is 3.00. The topological polar surface area (TPSA) is 92.1 Å². The van der Waals surface area contributed by atoms with E-state index in [-0.39, 0.29) is 19.6 Å². The van der Waals surface area contributed by atoms with Crippen LogP contribution in [0.15, 0.2) is 18.2 Å². The third-order valence-electron chi connectivity index (χ3n) is 4.74. The Balaban J connectivity index is 1.73. The highest BCUT2D eigenvalue weighted by Crippen LogP contribution is 2.40. The second-order valence-electron chi connectivity index (χ2n) is 6.33. The molecule has 0 bridgehead atoms. The summed E-state index contributed by atoms with van der Waals surface area (Å²) in [5.41, 5.74) is 1.03. The number of carboxylic acid groups (broad SMARTS) is 1. The summed E-state index contributed by atoms with van der Waals surface area (Å²) < 4.78 is 10.9. The lowest BCUT2D eigenvalue weighted by atomic mass is 9.91.